The molecule has 3 aliphatic rings. The van der Waals surface area contributed by atoms with Crippen molar-refractivity contribution in [3.05, 3.63) is 78.6 Å². The van der Waals surface area contributed by atoms with Crippen LogP contribution in [0.3, 0.4) is 0 Å². The number of aliphatic hydroxyl groups excluding tert-OH is 1. The molecule has 0 unspecified atom stereocenters. The van der Waals surface area contributed by atoms with E-state index in [1.807, 2.05) is 42.5 Å². The Bertz CT molecular complexity index is 1460. The van der Waals surface area contributed by atoms with Crippen molar-refractivity contribution in [3.8, 4) is 16.9 Å². The summed E-state index contributed by atoms with van der Waals surface area (Å²) in [4.78, 5) is 20.1. The second-order valence-electron chi connectivity index (χ2n) is 11.0. The second-order valence-corrected chi connectivity index (χ2v) is 12.9. The summed E-state index contributed by atoms with van der Waals surface area (Å²) in [6.45, 7) is 2.50. The van der Waals surface area contributed by atoms with Crippen LogP contribution in [0.2, 0.25) is 0 Å². The monoisotopic (exact) mass is 562 g/mol. The van der Waals surface area contributed by atoms with Crippen molar-refractivity contribution >= 4 is 15.9 Å². The highest BCUT2D eigenvalue weighted by atomic mass is 32.2. The summed E-state index contributed by atoms with van der Waals surface area (Å²) in [5.41, 5.74) is 2.45. The number of piperidine rings is 1. The van der Waals surface area contributed by atoms with Gasteiger partial charge in [-0.15, -0.1) is 0 Å². The molecule has 2 saturated heterocycles. The lowest BCUT2D eigenvalue weighted by Gasteiger charge is -2.43. The number of carbonyl (C=O) groups is 1. The van der Waals surface area contributed by atoms with Gasteiger partial charge in [-0.05, 0) is 53.8 Å². The zero-order valence-corrected chi connectivity index (χ0v) is 23.1. The van der Waals surface area contributed by atoms with Crippen molar-refractivity contribution in [2.45, 2.75) is 54.8 Å². The molecule has 2 atom stereocenters. The number of carbonyl (C=O) groups excluding carboxylic acids is 1. The minimum Gasteiger partial charge on any atom is -0.492 e. The van der Waals surface area contributed by atoms with Crippen molar-refractivity contribution in [3.63, 3.8) is 0 Å². The summed E-state index contributed by atoms with van der Waals surface area (Å²) in [6.07, 6.45) is 4.70. The van der Waals surface area contributed by atoms with E-state index < -0.39 is 27.7 Å². The molecule has 2 N–H and O–H groups in total. The van der Waals surface area contributed by atoms with E-state index >= 15 is 0 Å². The lowest BCUT2D eigenvalue weighted by molar-refractivity contribution is -0.127. The quantitative estimate of drug-likeness (QED) is 0.505. The Morgan fingerprint density at radius 2 is 1.75 bits per heavy atom. The Morgan fingerprint density at radius 1 is 1.00 bits per heavy atom. The third-order valence-electron chi connectivity index (χ3n) is 8.37. The van der Waals surface area contributed by atoms with E-state index in [9.17, 15) is 18.3 Å². The van der Waals surface area contributed by atoms with Gasteiger partial charge in [0.15, 0.2) is 0 Å². The number of fused-ring (bicyclic) bond motifs is 2. The minimum atomic E-state index is -4.11. The van der Waals surface area contributed by atoms with Gasteiger partial charge in [0.05, 0.1) is 12.7 Å². The molecule has 10 heteroatoms. The molecule has 210 valence electrons. The number of benzene rings is 2. The Morgan fingerprint density at radius 3 is 2.50 bits per heavy atom. The molecule has 0 aliphatic carbocycles. The maximum Gasteiger partial charge on any atom is 0.247 e. The van der Waals surface area contributed by atoms with Crippen LogP contribution in [0.4, 0.5) is 0 Å². The van der Waals surface area contributed by atoms with Gasteiger partial charge < -0.3 is 15.2 Å². The molecule has 3 aliphatic heterocycles. The molecule has 1 amide bonds. The lowest BCUT2D eigenvalue weighted by Crippen LogP contribution is -2.59. The maximum atomic E-state index is 13.9. The molecule has 1 aromatic heterocycles. The number of aliphatic hydroxyl groups is 1. The van der Waals surface area contributed by atoms with Gasteiger partial charge in [0.25, 0.3) is 0 Å². The molecule has 9 nitrogen and oxygen atoms in total. The Balaban J connectivity index is 1.31. The van der Waals surface area contributed by atoms with E-state index in [0.717, 1.165) is 35.1 Å². The van der Waals surface area contributed by atoms with E-state index in [1.165, 1.54) is 5.56 Å². The molecule has 0 saturated carbocycles. The van der Waals surface area contributed by atoms with E-state index in [-0.39, 0.29) is 36.1 Å². The van der Waals surface area contributed by atoms with Gasteiger partial charge in [-0.25, -0.2) is 8.42 Å². The van der Waals surface area contributed by atoms with Crippen molar-refractivity contribution in [1.82, 2.24) is 19.5 Å². The molecule has 40 heavy (non-hydrogen) atoms. The van der Waals surface area contributed by atoms with Crippen LogP contribution in [0.5, 0.6) is 5.75 Å². The third-order valence-corrected chi connectivity index (χ3v) is 10.3. The van der Waals surface area contributed by atoms with Crippen LogP contribution in [0.15, 0.2) is 78.0 Å². The molecular weight excluding hydrogens is 528 g/mol. The predicted molar refractivity (Wildman–Crippen MR) is 150 cm³/mol. The molecule has 3 aromatic rings. The minimum absolute atomic E-state index is 0.0159. The number of hydrogen-bond donors (Lipinski definition) is 2. The van der Waals surface area contributed by atoms with Crippen molar-refractivity contribution in [2.75, 3.05) is 26.2 Å². The highest BCUT2D eigenvalue weighted by molar-refractivity contribution is 7.89. The fraction of sp³-hybridized carbons (Fsp3) is 0.400. The SMILES string of the molecule is O=C1NC2(CCOc3cc(-c4ccccc4)ccc3S(=O)(=O)N3C[C@H](O)C[C@@H]13)CCN(Cc1ccncc1)CC2. The van der Waals surface area contributed by atoms with E-state index in [4.69, 9.17) is 4.74 Å². The van der Waals surface area contributed by atoms with Crippen LogP contribution in [-0.2, 0) is 21.4 Å². The number of ether oxygens (including phenoxy) is 1. The number of likely N-dealkylation sites (tertiary alicyclic amines) is 1. The number of pyridine rings is 1. The van der Waals surface area contributed by atoms with Gasteiger partial charge in [0.2, 0.25) is 15.9 Å². The predicted octanol–water partition coefficient (Wildman–Crippen LogP) is 2.81. The molecule has 2 aromatic carbocycles. The largest absolute Gasteiger partial charge is 0.492 e. The average molecular weight is 563 g/mol. The number of hydrogen-bond acceptors (Lipinski definition) is 7. The third kappa shape index (κ3) is 5.36. The zero-order chi connectivity index (χ0) is 27.7. The fourth-order valence-electron chi connectivity index (χ4n) is 6.08. The first kappa shape index (κ1) is 26.9. The molecule has 1 spiro atoms. The first-order valence-electron chi connectivity index (χ1n) is 13.8. The normalized spacial score (nSPS) is 24.8. The standard InChI is InChI=1S/C30H34N4O5S/c35-25-19-26-29(36)32-30(10-15-33(16-11-30)20-22-8-13-31-14-9-22)12-17-39-27-18-24(23-4-2-1-3-5-23)6-7-28(27)40(37,38)34(26)21-25/h1-9,13-14,18,25-26,35H,10-12,15-17,19-21H2,(H,32,36)/t25-,26+/m1/s1. The lowest BCUT2D eigenvalue weighted by atomic mass is 9.84. The highest BCUT2D eigenvalue weighted by Gasteiger charge is 2.47. The van der Waals surface area contributed by atoms with E-state index in [1.54, 1.807) is 30.6 Å². The molecule has 4 heterocycles. The Kier molecular flexibility index (Phi) is 7.35. The van der Waals surface area contributed by atoms with Gasteiger partial charge in [-0.2, -0.15) is 4.31 Å². The Labute approximate surface area is 234 Å². The second kappa shape index (κ2) is 10.9. The number of sulfonamides is 1. The molecule has 6 rings (SSSR count). The van der Waals surface area contributed by atoms with E-state index in [2.05, 4.69) is 15.2 Å². The zero-order valence-electron chi connectivity index (χ0n) is 22.3. The summed E-state index contributed by atoms with van der Waals surface area (Å²) in [7, 11) is -4.11. The van der Waals surface area contributed by atoms with Crippen molar-refractivity contribution in [2.24, 2.45) is 0 Å². The number of amides is 1. The highest BCUT2D eigenvalue weighted by Crippen LogP contribution is 2.37. The van der Waals surface area contributed by atoms with Gasteiger partial charge in [-0.1, -0.05) is 36.4 Å². The molecule has 2 fully saturated rings. The van der Waals surface area contributed by atoms with Gasteiger partial charge >= 0.3 is 0 Å². The number of rotatable bonds is 3. The number of nitrogens with one attached hydrogen (secondary N) is 1. The fourth-order valence-corrected chi connectivity index (χ4v) is 7.83. The van der Waals surface area contributed by atoms with Crippen molar-refractivity contribution in [1.29, 1.82) is 0 Å². The Hall–Kier alpha value is -3.31. The first-order chi connectivity index (χ1) is 19.3. The summed E-state index contributed by atoms with van der Waals surface area (Å²) >= 11 is 0. The molecular formula is C30H34N4O5S. The van der Waals surface area contributed by atoms with Gasteiger partial charge in [0, 0.05) is 57.0 Å². The smallest absolute Gasteiger partial charge is 0.247 e. The molecule has 0 bridgehead atoms. The molecule has 0 radical (unpaired) electrons. The van der Waals surface area contributed by atoms with Crippen LogP contribution in [-0.4, -0.2) is 77.5 Å². The van der Waals surface area contributed by atoms with Crippen LogP contribution < -0.4 is 10.1 Å². The first-order valence-corrected chi connectivity index (χ1v) is 15.2. The van der Waals surface area contributed by atoms with Gasteiger partial charge in [-0.3, -0.25) is 14.7 Å². The topological polar surface area (TPSA) is 112 Å². The number of nitrogens with zero attached hydrogens (tertiary/aromatic N) is 3. The van der Waals surface area contributed by atoms with E-state index in [0.29, 0.717) is 19.3 Å². The number of aromatic nitrogens is 1. The van der Waals surface area contributed by atoms with Crippen LogP contribution in [0, 0.1) is 0 Å². The summed E-state index contributed by atoms with van der Waals surface area (Å²) in [5.74, 6) is -0.0896. The van der Waals surface area contributed by atoms with Crippen molar-refractivity contribution < 1.29 is 23.1 Å². The average Bonchev–Trinajstić information content (AvgIpc) is 3.37. The van der Waals surface area contributed by atoms with Crippen LogP contribution in [0.1, 0.15) is 31.2 Å². The summed E-state index contributed by atoms with van der Waals surface area (Å²) in [5, 5.41) is 13.7. The maximum absolute atomic E-state index is 13.9. The van der Waals surface area contributed by atoms with Crippen LogP contribution >= 0.6 is 0 Å². The van der Waals surface area contributed by atoms with Crippen LogP contribution in [0.25, 0.3) is 11.1 Å². The van der Waals surface area contributed by atoms with Gasteiger partial charge in [0.1, 0.15) is 16.7 Å². The summed E-state index contributed by atoms with van der Waals surface area (Å²) < 4.78 is 35.2. The summed E-state index contributed by atoms with van der Waals surface area (Å²) in [6, 6.07) is 17.8.